The second-order valence-corrected chi connectivity index (χ2v) is 7.86. The smallest absolute Gasteiger partial charge is 0.193 e. The Hall–Kier alpha value is -0.940. The summed E-state index contributed by atoms with van der Waals surface area (Å²) in [6, 6.07) is 5.43. The van der Waals surface area contributed by atoms with Gasteiger partial charge in [-0.2, -0.15) is 0 Å². The van der Waals surface area contributed by atoms with Crippen molar-refractivity contribution in [3.05, 3.63) is 30.1 Å². The zero-order chi connectivity index (χ0) is 17.6. The lowest BCUT2D eigenvalue weighted by Gasteiger charge is -2.21. The zero-order valence-corrected chi connectivity index (χ0v) is 17.6. The molecule has 0 radical (unpaired) electrons. The fourth-order valence-electron chi connectivity index (χ4n) is 2.83. The number of nitrogens with zero attached hydrogens (tertiary/aromatic N) is 2. The van der Waals surface area contributed by atoms with Crippen molar-refractivity contribution in [2.45, 2.75) is 11.3 Å². The highest BCUT2D eigenvalue weighted by molar-refractivity contribution is 14.0. The lowest BCUT2D eigenvalue weighted by molar-refractivity contribution is 0.157. The Morgan fingerprint density at radius 3 is 2.80 bits per heavy atom. The molecule has 1 heterocycles. The molecule has 0 aromatic heterocycles. The third-order valence-electron chi connectivity index (χ3n) is 4.03. The number of methoxy groups -OCH3 is 1. The predicted molar refractivity (Wildman–Crippen MR) is 107 cm³/mol. The molecular formula is C16H25FIN3O3S. The van der Waals surface area contributed by atoms with Crippen LogP contribution in [0.1, 0.15) is 6.42 Å². The van der Waals surface area contributed by atoms with Gasteiger partial charge in [-0.1, -0.05) is 12.1 Å². The molecule has 6 nitrogen and oxygen atoms in total. The molecule has 1 saturated heterocycles. The van der Waals surface area contributed by atoms with Crippen molar-refractivity contribution in [1.82, 2.24) is 10.2 Å². The van der Waals surface area contributed by atoms with Crippen LogP contribution < -0.4 is 5.32 Å². The van der Waals surface area contributed by atoms with E-state index in [0.717, 1.165) is 25.6 Å². The summed E-state index contributed by atoms with van der Waals surface area (Å²) >= 11 is 0. The summed E-state index contributed by atoms with van der Waals surface area (Å²) in [6.07, 6.45) is 1.02. The van der Waals surface area contributed by atoms with Gasteiger partial charge in [0, 0.05) is 39.7 Å². The molecule has 1 aromatic carbocycles. The Labute approximate surface area is 165 Å². The molecule has 0 aliphatic carbocycles. The minimum Gasteiger partial charge on any atom is -0.384 e. The number of ether oxygens (including phenoxy) is 1. The molecule has 1 aromatic rings. The Kier molecular flexibility index (Phi) is 9.08. The van der Waals surface area contributed by atoms with Gasteiger partial charge in [0.15, 0.2) is 15.8 Å². The van der Waals surface area contributed by atoms with Crippen LogP contribution >= 0.6 is 24.0 Å². The van der Waals surface area contributed by atoms with Crippen molar-refractivity contribution >= 4 is 39.8 Å². The van der Waals surface area contributed by atoms with Gasteiger partial charge in [-0.15, -0.1) is 24.0 Å². The van der Waals surface area contributed by atoms with Crippen molar-refractivity contribution in [3.8, 4) is 0 Å². The van der Waals surface area contributed by atoms with Gasteiger partial charge in [-0.25, -0.2) is 12.8 Å². The first-order valence-corrected chi connectivity index (χ1v) is 9.55. The first-order valence-electron chi connectivity index (χ1n) is 7.89. The first-order chi connectivity index (χ1) is 11.5. The van der Waals surface area contributed by atoms with Crippen LogP contribution in [-0.4, -0.2) is 65.4 Å². The standard InChI is InChI=1S/C16H24FN3O3S.HI/c1-18-16(20-9-7-13(11-20)12-23-2)19-8-10-24(21,22)15-6-4-3-5-14(15)17;/h3-6,13H,7-12H2,1-2H3,(H,18,19);1H. The van der Waals surface area contributed by atoms with E-state index >= 15 is 0 Å². The average molecular weight is 485 g/mol. The van der Waals surface area contributed by atoms with Gasteiger partial charge in [0.2, 0.25) is 0 Å². The van der Waals surface area contributed by atoms with E-state index in [9.17, 15) is 12.8 Å². The highest BCUT2D eigenvalue weighted by Crippen LogP contribution is 2.17. The molecule has 2 rings (SSSR count). The Bertz CT molecular complexity index is 685. The fourth-order valence-corrected chi connectivity index (χ4v) is 4.07. The van der Waals surface area contributed by atoms with Gasteiger partial charge in [-0.3, -0.25) is 4.99 Å². The molecule has 1 aliphatic heterocycles. The van der Waals surface area contributed by atoms with Crippen molar-refractivity contribution in [2.75, 3.05) is 46.2 Å². The van der Waals surface area contributed by atoms with E-state index in [2.05, 4.69) is 15.2 Å². The number of benzene rings is 1. The quantitative estimate of drug-likeness (QED) is 0.378. The molecule has 0 bridgehead atoms. The predicted octanol–water partition coefficient (Wildman–Crippen LogP) is 1.76. The number of hydrogen-bond acceptors (Lipinski definition) is 4. The number of halogens is 2. The van der Waals surface area contributed by atoms with Crippen LogP contribution in [-0.2, 0) is 14.6 Å². The molecule has 0 spiro atoms. The van der Waals surface area contributed by atoms with Crippen molar-refractivity contribution < 1.29 is 17.5 Å². The Morgan fingerprint density at radius 1 is 1.44 bits per heavy atom. The van der Waals surface area contributed by atoms with Gasteiger partial charge in [0.25, 0.3) is 0 Å². The lowest BCUT2D eigenvalue weighted by Crippen LogP contribution is -2.42. The van der Waals surface area contributed by atoms with Gasteiger partial charge in [-0.05, 0) is 18.6 Å². The largest absolute Gasteiger partial charge is 0.384 e. The van der Waals surface area contributed by atoms with Gasteiger partial charge in [0.1, 0.15) is 10.7 Å². The average Bonchev–Trinajstić information content (AvgIpc) is 3.00. The van der Waals surface area contributed by atoms with E-state index in [1.807, 2.05) is 0 Å². The molecular weight excluding hydrogens is 460 g/mol. The second kappa shape index (κ2) is 10.3. The minimum absolute atomic E-state index is 0. The maximum Gasteiger partial charge on any atom is 0.193 e. The molecule has 1 atom stereocenters. The van der Waals surface area contributed by atoms with Crippen LogP contribution in [0.2, 0.25) is 0 Å². The Morgan fingerprint density at radius 2 is 2.16 bits per heavy atom. The molecule has 0 amide bonds. The number of aliphatic imine (C=N–C) groups is 1. The molecule has 142 valence electrons. The van der Waals surface area contributed by atoms with E-state index in [4.69, 9.17) is 4.74 Å². The molecule has 1 unspecified atom stereocenters. The van der Waals surface area contributed by atoms with E-state index in [0.29, 0.717) is 18.5 Å². The molecule has 1 fully saturated rings. The van der Waals surface area contributed by atoms with Gasteiger partial charge >= 0.3 is 0 Å². The second-order valence-electron chi connectivity index (χ2n) is 5.78. The summed E-state index contributed by atoms with van der Waals surface area (Å²) in [5, 5.41) is 3.05. The van der Waals surface area contributed by atoms with Gasteiger partial charge < -0.3 is 15.0 Å². The van der Waals surface area contributed by atoms with Crippen molar-refractivity contribution in [1.29, 1.82) is 0 Å². The summed E-state index contributed by atoms with van der Waals surface area (Å²) in [7, 11) is -0.321. The Balaban J connectivity index is 0.00000312. The third kappa shape index (κ3) is 6.07. The number of rotatable bonds is 6. The number of nitrogens with one attached hydrogen (secondary N) is 1. The molecule has 1 aliphatic rings. The van der Waals surface area contributed by atoms with Crippen LogP contribution in [0.5, 0.6) is 0 Å². The van der Waals surface area contributed by atoms with E-state index in [1.54, 1.807) is 14.2 Å². The number of sulfone groups is 1. The topological polar surface area (TPSA) is 71.0 Å². The molecule has 1 N–H and O–H groups in total. The van der Waals surface area contributed by atoms with Crippen LogP contribution in [0.4, 0.5) is 4.39 Å². The lowest BCUT2D eigenvalue weighted by atomic mass is 10.1. The summed E-state index contributed by atoms with van der Waals surface area (Å²) in [5.74, 6) is 0.208. The molecule has 0 saturated carbocycles. The number of guanidine groups is 1. The van der Waals surface area contributed by atoms with Crippen LogP contribution in [0.25, 0.3) is 0 Å². The maximum atomic E-state index is 13.7. The summed E-state index contributed by atoms with van der Waals surface area (Å²) in [4.78, 5) is 6.02. The summed E-state index contributed by atoms with van der Waals surface area (Å²) in [6.45, 7) is 2.56. The van der Waals surface area contributed by atoms with Crippen molar-refractivity contribution in [2.24, 2.45) is 10.9 Å². The minimum atomic E-state index is -3.67. The zero-order valence-electron chi connectivity index (χ0n) is 14.4. The summed E-state index contributed by atoms with van der Waals surface area (Å²) < 4.78 is 43.3. The van der Waals surface area contributed by atoms with Crippen LogP contribution in [0.3, 0.4) is 0 Å². The number of likely N-dealkylation sites (tertiary alicyclic amines) is 1. The third-order valence-corrected chi connectivity index (χ3v) is 5.77. The van der Waals surface area contributed by atoms with E-state index < -0.39 is 15.7 Å². The normalized spacial score (nSPS) is 18.1. The fraction of sp³-hybridized carbons (Fsp3) is 0.562. The van der Waals surface area contributed by atoms with E-state index in [1.165, 1.54) is 18.2 Å². The van der Waals surface area contributed by atoms with Crippen molar-refractivity contribution in [3.63, 3.8) is 0 Å². The van der Waals surface area contributed by atoms with Gasteiger partial charge in [0.05, 0.1) is 12.4 Å². The summed E-state index contributed by atoms with van der Waals surface area (Å²) in [5.41, 5.74) is 0. The highest BCUT2D eigenvalue weighted by atomic mass is 127. The highest BCUT2D eigenvalue weighted by Gasteiger charge is 2.25. The maximum absolute atomic E-state index is 13.7. The molecule has 25 heavy (non-hydrogen) atoms. The number of hydrogen-bond donors (Lipinski definition) is 1. The van der Waals surface area contributed by atoms with Crippen LogP contribution in [0.15, 0.2) is 34.2 Å². The van der Waals surface area contributed by atoms with Crippen LogP contribution in [0, 0.1) is 11.7 Å². The first kappa shape index (κ1) is 22.1. The van der Waals surface area contributed by atoms with E-state index in [-0.39, 0.29) is 41.2 Å². The molecule has 9 heteroatoms. The monoisotopic (exact) mass is 485 g/mol. The SMILES string of the molecule is CN=C(NCCS(=O)(=O)c1ccccc1F)N1CCC(COC)C1.I.